The van der Waals surface area contributed by atoms with Crippen LogP contribution in [0.2, 0.25) is 0 Å². The summed E-state index contributed by atoms with van der Waals surface area (Å²) < 4.78 is 25.2. The Morgan fingerprint density at radius 1 is 1.21 bits per heavy atom. The van der Waals surface area contributed by atoms with Gasteiger partial charge in [-0.3, -0.25) is 0 Å². The van der Waals surface area contributed by atoms with Crippen molar-refractivity contribution in [3.05, 3.63) is 57.3 Å². The Labute approximate surface area is 111 Å². The lowest BCUT2D eigenvalue weighted by molar-refractivity contribution is 0.0692. The molecule has 0 amide bonds. The first-order valence-electron chi connectivity index (χ1n) is 5.37. The molecule has 2 rings (SSSR count). The highest BCUT2D eigenvalue weighted by Crippen LogP contribution is 2.31. The number of aromatic carboxylic acids is 1. The van der Waals surface area contributed by atoms with E-state index in [0.29, 0.717) is 0 Å². The summed E-state index contributed by atoms with van der Waals surface area (Å²) in [5.41, 5.74) is 0.0349. The summed E-state index contributed by atoms with van der Waals surface area (Å²) in [6.07, 6.45) is -3.85. The molecule has 0 spiro atoms. The van der Waals surface area contributed by atoms with E-state index >= 15 is 0 Å². The Morgan fingerprint density at radius 3 is 2.53 bits per heavy atom. The van der Waals surface area contributed by atoms with Gasteiger partial charge in [-0.25, -0.2) is 13.6 Å². The van der Waals surface area contributed by atoms with Crippen LogP contribution >= 0.6 is 11.3 Å². The monoisotopic (exact) mass is 284 g/mol. The summed E-state index contributed by atoms with van der Waals surface area (Å²) in [7, 11) is 0. The van der Waals surface area contributed by atoms with Crippen molar-refractivity contribution in [3.63, 3.8) is 0 Å². The number of hydrogen-bond donors (Lipinski definition) is 2. The average Bonchev–Trinajstić information content (AvgIpc) is 2.87. The zero-order valence-corrected chi connectivity index (χ0v) is 10.4. The number of aliphatic hydroxyl groups is 1. The maximum atomic E-state index is 12.6. The van der Waals surface area contributed by atoms with Crippen molar-refractivity contribution in [2.24, 2.45) is 0 Å². The molecule has 1 aromatic carbocycles. The number of rotatable bonds is 4. The predicted molar refractivity (Wildman–Crippen MR) is 66.7 cm³/mol. The lowest BCUT2D eigenvalue weighted by Gasteiger charge is -2.12. The molecule has 0 bridgehead atoms. The quantitative estimate of drug-likeness (QED) is 0.904. The van der Waals surface area contributed by atoms with E-state index in [0.717, 1.165) is 11.3 Å². The normalized spacial score (nSPS) is 12.6. The highest BCUT2D eigenvalue weighted by Gasteiger charge is 2.21. The van der Waals surface area contributed by atoms with E-state index in [1.807, 2.05) is 0 Å². The van der Waals surface area contributed by atoms with Gasteiger partial charge in [0.15, 0.2) is 0 Å². The van der Waals surface area contributed by atoms with Crippen molar-refractivity contribution < 1.29 is 23.8 Å². The van der Waals surface area contributed by atoms with E-state index in [9.17, 15) is 18.7 Å². The summed E-state index contributed by atoms with van der Waals surface area (Å²) >= 11 is 1.08. The minimum atomic E-state index is -2.63. The number of carboxylic acids is 1. The van der Waals surface area contributed by atoms with E-state index in [2.05, 4.69) is 0 Å². The van der Waals surface area contributed by atoms with Crippen LogP contribution < -0.4 is 0 Å². The fourth-order valence-electron chi connectivity index (χ4n) is 1.73. The molecule has 1 atom stereocenters. The van der Waals surface area contributed by atoms with Crippen LogP contribution in [-0.2, 0) is 0 Å². The molecule has 6 heteroatoms. The summed E-state index contributed by atoms with van der Waals surface area (Å²) in [4.78, 5) is 11.2. The van der Waals surface area contributed by atoms with Gasteiger partial charge in [0.05, 0.1) is 10.4 Å². The minimum Gasteiger partial charge on any atom is -0.478 e. The fraction of sp³-hybridized carbons (Fsp3) is 0.154. The maximum absolute atomic E-state index is 12.6. The molecular weight excluding hydrogens is 274 g/mol. The van der Waals surface area contributed by atoms with Gasteiger partial charge >= 0.3 is 5.97 Å². The first-order chi connectivity index (χ1) is 9.00. The number of alkyl halides is 2. The van der Waals surface area contributed by atoms with E-state index in [1.165, 1.54) is 30.3 Å². The van der Waals surface area contributed by atoms with Gasteiger partial charge in [0.25, 0.3) is 6.43 Å². The third-order valence-corrected chi connectivity index (χ3v) is 3.62. The fourth-order valence-corrected chi connectivity index (χ4v) is 2.62. The van der Waals surface area contributed by atoms with Crippen LogP contribution in [0.1, 0.15) is 38.9 Å². The molecule has 1 aromatic heterocycles. The van der Waals surface area contributed by atoms with E-state index in [1.54, 1.807) is 5.38 Å². The van der Waals surface area contributed by atoms with Gasteiger partial charge in [-0.15, -0.1) is 11.3 Å². The van der Waals surface area contributed by atoms with Gasteiger partial charge in [0.1, 0.15) is 6.10 Å². The lowest BCUT2D eigenvalue weighted by Crippen LogP contribution is -2.05. The predicted octanol–water partition coefficient (Wildman–Crippen LogP) is 3.47. The number of thiophene rings is 1. The van der Waals surface area contributed by atoms with Gasteiger partial charge in [-0.05, 0) is 23.1 Å². The van der Waals surface area contributed by atoms with Crippen LogP contribution in [0.4, 0.5) is 8.78 Å². The summed E-state index contributed by atoms with van der Waals surface area (Å²) in [6, 6.07) is 6.71. The van der Waals surface area contributed by atoms with Gasteiger partial charge in [0, 0.05) is 5.56 Å². The number of carboxylic acid groups (broad SMARTS) is 1. The Kier molecular flexibility index (Phi) is 3.92. The molecule has 2 aromatic rings. The second-order valence-corrected chi connectivity index (χ2v) is 4.82. The van der Waals surface area contributed by atoms with Crippen LogP contribution in [0, 0.1) is 0 Å². The van der Waals surface area contributed by atoms with Crippen LogP contribution in [0.3, 0.4) is 0 Å². The summed E-state index contributed by atoms with van der Waals surface area (Å²) in [5, 5.41) is 20.6. The highest BCUT2D eigenvalue weighted by molar-refractivity contribution is 7.10. The second-order valence-electron chi connectivity index (χ2n) is 3.88. The molecular formula is C13H10F2O3S. The third-order valence-electron chi connectivity index (χ3n) is 2.65. The molecule has 0 aliphatic carbocycles. The van der Waals surface area contributed by atoms with Gasteiger partial charge in [-0.1, -0.05) is 18.2 Å². The van der Waals surface area contributed by atoms with Crippen molar-refractivity contribution >= 4 is 17.3 Å². The van der Waals surface area contributed by atoms with Gasteiger partial charge < -0.3 is 10.2 Å². The second kappa shape index (κ2) is 5.46. The first-order valence-corrected chi connectivity index (χ1v) is 6.25. The van der Waals surface area contributed by atoms with Crippen molar-refractivity contribution in [3.8, 4) is 0 Å². The summed E-state index contributed by atoms with van der Waals surface area (Å²) in [6.45, 7) is 0. The van der Waals surface area contributed by atoms with E-state index < -0.39 is 18.5 Å². The van der Waals surface area contributed by atoms with Crippen molar-refractivity contribution in [1.82, 2.24) is 0 Å². The van der Waals surface area contributed by atoms with Gasteiger partial charge in [0.2, 0.25) is 0 Å². The molecule has 0 radical (unpaired) electrons. The Bertz CT molecular complexity index is 595. The maximum Gasteiger partial charge on any atom is 0.336 e. The molecule has 0 saturated heterocycles. The van der Waals surface area contributed by atoms with E-state index in [4.69, 9.17) is 5.11 Å². The topological polar surface area (TPSA) is 57.5 Å². The average molecular weight is 284 g/mol. The molecule has 19 heavy (non-hydrogen) atoms. The molecule has 0 aliphatic heterocycles. The number of carbonyl (C=O) groups is 1. The number of benzene rings is 1. The Hall–Kier alpha value is -1.79. The molecule has 1 heterocycles. The lowest BCUT2D eigenvalue weighted by atomic mass is 10.0. The Morgan fingerprint density at radius 2 is 1.89 bits per heavy atom. The number of aliphatic hydroxyl groups excluding tert-OH is 1. The molecule has 2 N–H and O–H groups in total. The Balaban J connectivity index is 2.38. The zero-order chi connectivity index (χ0) is 14.0. The number of halogens is 2. The molecule has 0 saturated carbocycles. The van der Waals surface area contributed by atoms with Crippen LogP contribution in [-0.4, -0.2) is 16.2 Å². The molecule has 3 nitrogen and oxygen atoms in total. The smallest absolute Gasteiger partial charge is 0.336 e. The van der Waals surface area contributed by atoms with Crippen LogP contribution in [0.15, 0.2) is 35.7 Å². The first kappa shape index (κ1) is 13.6. The highest BCUT2D eigenvalue weighted by atomic mass is 32.1. The SMILES string of the molecule is O=C(O)c1ccsc1C(O)c1cccc(C(F)F)c1. The van der Waals surface area contributed by atoms with E-state index in [-0.39, 0.29) is 21.6 Å². The molecule has 0 aliphatic rings. The van der Waals surface area contributed by atoms with Crippen molar-refractivity contribution in [2.75, 3.05) is 0 Å². The van der Waals surface area contributed by atoms with Crippen molar-refractivity contribution in [2.45, 2.75) is 12.5 Å². The van der Waals surface area contributed by atoms with Crippen LogP contribution in [0.5, 0.6) is 0 Å². The third kappa shape index (κ3) is 2.80. The van der Waals surface area contributed by atoms with Crippen LogP contribution in [0.25, 0.3) is 0 Å². The van der Waals surface area contributed by atoms with Crippen molar-refractivity contribution in [1.29, 1.82) is 0 Å². The number of hydrogen-bond acceptors (Lipinski definition) is 3. The molecule has 1 unspecified atom stereocenters. The van der Waals surface area contributed by atoms with Gasteiger partial charge in [-0.2, -0.15) is 0 Å². The largest absolute Gasteiger partial charge is 0.478 e. The summed E-state index contributed by atoms with van der Waals surface area (Å²) in [5.74, 6) is -1.15. The zero-order valence-electron chi connectivity index (χ0n) is 9.59. The standard InChI is InChI=1S/C13H10F2O3S/c14-12(15)8-3-1-2-7(6-8)10(16)11-9(13(17)18)4-5-19-11/h1-6,10,12,16H,(H,17,18). The molecule has 0 fully saturated rings. The molecule has 100 valence electrons. The minimum absolute atomic E-state index is 0.0139.